The molecule has 2 aromatic carbocycles. The van der Waals surface area contributed by atoms with Crippen molar-refractivity contribution in [3.63, 3.8) is 0 Å². The smallest absolute Gasteiger partial charge is 0.355 e. The second-order valence-electron chi connectivity index (χ2n) is 18.3. The summed E-state index contributed by atoms with van der Waals surface area (Å²) in [6.45, 7) is 12.9. The van der Waals surface area contributed by atoms with E-state index in [4.69, 9.17) is 4.74 Å². The van der Waals surface area contributed by atoms with Crippen LogP contribution in [-0.4, -0.2) is 128 Å². The molecule has 0 spiro atoms. The molecule has 17 nitrogen and oxygen atoms in total. The number of amides is 3. The fourth-order valence-electron chi connectivity index (χ4n) is 9.31. The number of hydrazine groups is 1. The van der Waals surface area contributed by atoms with Crippen LogP contribution in [-0.2, 0) is 53.3 Å². The van der Waals surface area contributed by atoms with Gasteiger partial charge in [-0.1, -0.05) is 64.6 Å². The van der Waals surface area contributed by atoms with Crippen molar-refractivity contribution in [1.29, 1.82) is 0 Å². The maximum absolute atomic E-state index is 14.7. The van der Waals surface area contributed by atoms with Crippen molar-refractivity contribution in [2.75, 3.05) is 33.3 Å². The highest BCUT2D eigenvalue weighted by Crippen LogP contribution is 2.40. The van der Waals surface area contributed by atoms with Gasteiger partial charge in [-0.15, -0.1) is 0 Å². The van der Waals surface area contributed by atoms with Crippen molar-refractivity contribution in [3.8, 4) is 22.4 Å². The maximum Gasteiger partial charge on any atom is 0.355 e. The number of nitrogens with zero attached hydrogens (tertiary/aromatic N) is 6. The lowest BCUT2D eigenvalue weighted by Crippen LogP contribution is -2.67. The van der Waals surface area contributed by atoms with Gasteiger partial charge in [0.05, 0.1) is 18.8 Å². The van der Waals surface area contributed by atoms with E-state index in [1.807, 2.05) is 44.2 Å². The van der Waals surface area contributed by atoms with Crippen LogP contribution in [0.2, 0.25) is 0 Å². The topological polar surface area (TPSA) is 217 Å². The Bertz CT molecular complexity index is 2580. The summed E-state index contributed by atoms with van der Waals surface area (Å²) < 4.78 is 34.1. The van der Waals surface area contributed by atoms with Gasteiger partial charge >= 0.3 is 5.97 Å². The van der Waals surface area contributed by atoms with Crippen LogP contribution in [0.1, 0.15) is 65.0 Å². The molecule has 64 heavy (non-hydrogen) atoms. The average molecular weight is 899 g/mol. The zero-order chi connectivity index (χ0) is 46.4. The molecule has 7 rings (SSSR count). The summed E-state index contributed by atoms with van der Waals surface area (Å²) in [6.07, 6.45) is 5.50. The number of hydrogen-bond acceptors (Lipinski definition) is 12. The minimum absolute atomic E-state index is 0.0215. The van der Waals surface area contributed by atoms with Crippen molar-refractivity contribution in [2.45, 2.75) is 96.7 Å². The predicted octanol–water partition coefficient (Wildman–Crippen LogP) is 3.15. The number of fused-ring (bicyclic) bond motifs is 6. The van der Waals surface area contributed by atoms with Crippen molar-refractivity contribution >= 4 is 44.6 Å². The first kappa shape index (κ1) is 46.5. The number of sulfonamides is 1. The number of hydrogen-bond donors (Lipinski definition) is 4. The Morgan fingerprint density at radius 2 is 1.78 bits per heavy atom. The van der Waals surface area contributed by atoms with Crippen molar-refractivity contribution in [2.24, 2.45) is 11.3 Å². The summed E-state index contributed by atoms with van der Waals surface area (Å²) in [5.41, 5.74) is 3.97. The molecule has 342 valence electrons. The monoisotopic (exact) mass is 898 g/mol. The molecule has 3 aliphatic heterocycles. The van der Waals surface area contributed by atoms with Crippen LogP contribution in [0.15, 0.2) is 73.2 Å². The quantitative estimate of drug-likeness (QED) is 0.178. The first-order valence-corrected chi connectivity index (χ1v) is 23.1. The lowest BCUT2D eigenvalue weighted by atomic mass is 9.84. The van der Waals surface area contributed by atoms with Gasteiger partial charge in [0.15, 0.2) is 5.60 Å². The van der Waals surface area contributed by atoms with Crippen molar-refractivity contribution < 1.29 is 42.5 Å². The first-order chi connectivity index (χ1) is 30.2. The van der Waals surface area contributed by atoms with E-state index < -0.39 is 75.0 Å². The number of nitrogens with one attached hydrogen (secondary N) is 2. The van der Waals surface area contributed by atoms with Crippen LogP contribution >= 0.6 is 0 Å². The van der Waals surface area contributed by atoms with Crippen LogP contribution in [0.4, 0.5) is 0 Å². The molecule has 5 heterocycles. The van der Waals surface area contributed by atoms with E-state index in [0.717, 1.165) is 58.5 Å². The Kier molecular flexibility index (Phi) is 12.9. The molecule has 0 aliphatic carbocycles. The number of aromatic nitrogens is 3. The first-order valence-electron chi connectivity index (χ1n) is 21.6. The molecule has 2 aromatic heterocycles. The molecule has 18 heteroatoms. The number of esters is 1. The second kappa shape index (κ2) is 17.8. The van der Waals surface area contributed by atoms with Gasteiger partial charge in [-0.2, -0.15) is 9.73 Å². The third-order valence-corrected chi connectivity index (χ3v) is 14.0. The number of cyclic esters (lactones) is 1. The minimum atomic E-state index is -3.92. The Morgan fingerprint density at radius 3 is 2.47 bits per heavy atom. The van der Waals surface area contributed by atoms with Gasteiger partial charge in [0.2, 0.25) is 21.7 Å². The number of carbonyl (C=O) groups is 4. The van der Waals surface area contributed by atoms with Crippen LogP contribution in [0.5, 0.6) is 0 Å². The largest absolute Gasteiger partial charge is 0.462 e. The predicted molar refractivity (Wildman–Crippen MR) is 239 cm³/mol. The maximum atomic E-state index is 14.7. The molecular weight excluding hydrogens is 841 g/mol. The third kappa shape index (κ3) is 9.06. The van der Waals surface area contributed by atoms with E-state index in [2.05, 4.69) is 50.9 Å². The molecule has 2 fully saturated rings. The van der Waals surface area contributed by atoms with Gasteiger partial charge in [-0.3, -0.25) is 19.4 Å². The van der Waals surface area contributed by atoms with E-state index >= 15 is 0 Å². The normalized spacial score (nSPS) is 23.6. The molecule has 6 bridgehead atoms. The fourth-order valence-corrected chi connectivity index (χ4v) is 10.3. The summed E-state index contributed by atoms with van der Waals surface area (Å²) in [6, 6.07) is 11.4. The van der Waals surface area contributed by atoms with E-state index in [1.165, 1.54) is 13.4 Å². The minimum Gasteiger partial charge on any atom is -0.462 e. The summed E-state index contributed by atoms with van der Waals surface area (Å²) in [5, 5.41) is 29.0. The van der Waals surface area contributed by atoms with Gasteiger partial charge in [-0.05, 0) is 60.1 Å². The van der Waals surface area contributed by atoms with Gasteiger partial charge in [0, 0.05) is 85.6 Å². The Morgan fingerprint density at radius 1 is 1.06 bits per heavy atom. The highest BCUT2D eigenvalue weighted by Gasteiger charge is 2.50. The average Bonchev–Trinajstić information content (AvgIpc) is 3.83. The SMILES string of the molecule is C=CS(=O)(=O)N1CC[C@@](O)(C(=O)N(C)[C@H](C(=O)N[C@H]2Cc3cccc(c3)-c3ccc4c(c3)c(c(-c3cncnc3)n4CC)CC(C)(C)COC(=O)[C@@]3(O)CCCN(N3)C2=O)C(C)C)C1. The fraction of sp³-hybridized carbons (Fsp3) is 0.478. The van der Waals surface area contributed by atoms with E-state index in [0.29, 0.717) is 18.5 Å². The molecular formula is C46H58N8O9S. The molecule has 2 saturated heterocycles. The summed E-state index contributed by atoms with van der Waals surface area (Å²) in [7, 11) is -2.57. The second-order valence-corrected chi connectivity index (χ2v) is 20.2. The summed E-state index contributed by atoms with van der Waals surface area (Å²) >= 11 is 0. The van der Waals surface area contributed by atoms with Gasteiger partial charge < -0.3 is 29.7 Å². The third-order valence-electron chi connectivity index (χ3n) is 12.5. The molecule has 4 aromatic rings. The van der Waals surface area contributed by atoms with Gasteiger partial charge in [-0.25, -0.2) is 23.2 Å². The number of aliphatic hydroxyl groups is 2. The lowest BCUT2D eigenvalue weighted by molar-refractivity contribution is -0.189. The molecule has 3 aliphatic rings. The molecule has 0 radical (unpaired) electrons. The van der Waals surface area contributed by atoms with E-state index in [-0.39, 0.29) is 45.4 Å². The number of rotatable bonds is 9. The number of ether oxygens (including phenoxy) is 1. The van der Waals surface area contributed by atoms with E-state index in [1.54, 1.807) is 26.2 Å². The Hall–Kier alpha value is -5.53. The summed E-state index contributed by atoms with van der Waals surface area (Å²) in [5.74, 6) is -3.68. The number of likely N-dealkylation sites (N-methyl/N-ethyl adjacent to an activating group) is 1. The van der Waals surface area contributed by atoms with Gasteiger partial charge in [0.1, 0.15) is 18.4 Å². The van der Waals surface area contributed by atoms with Crippen LogP contribution < -0.4 is 10.7 Å². The standard InChI is InChI=1S/C46H58N8O9S/c1-8-53-37-15-14-32-22-34(37)35(39(53)33-24-47-28-48-25-33)23-44(5,6)27-63-43(58)46(60)16-11-18-54(50-46)41(56)36(21-30-12-10-13-31(32)20-30)49-40(55)38(29(3)4)51(7)42(57)45(59)17-19-52(26-45)64(61,62)9-2/h9-10,12-15,20,22,24-25,28-29,36,38,50,59-60H,2,8,11,16-19,21,23,26-27H2,1,3-7H3,(H,49,55)/t36-,38-,45-,46-/m0/s1. The zero-order valence-corrected chi connectivity index (χ0v) is 38.0. The van der Waals surface area contributed by atoms with Crippen LogP contribution in [0.3, 0.4) is 0 Å². The van der Waals surface area contributed by atoms with Crippen LogP contribution in [0.25, 0.3) is 33.3 Å². The lowest BCUT2D eigenvalue weighted by Gasteiger charge is -2.40. The Labute approximate surface area is 373 Å². The van der Waals surface area contributed by atoms with Gasteiger partial charge in [0.25, 0.3) is 11.8 Å². The number of β-amino-alcohol motifs (C(OH)–C–C–N with tert-alkyl or cyclic N) is 1. The molecule has 0 saturated carbocycles. The summed E-state index contributed by atoms with van der Waals surface area (Å²) in [4.78, 5) is 66.6. The Balaban J connectivity index is 1.28. The number of benzene rings is 2. The molecule has 4 N–H and O–H groups in total. The molecule has 0 unspecified atom stereocenters. The van der Waals surface area contributed by atoms with Crippen molar-refractivity contribution in [3.05, 3.63) is 84.3 Å². The highest BCUT2D eigenvalue weighted by molar-refractivity contribution is 7.92. The van der Waals surface area contributed by atoms with E-state index in [9.17, 15) is 37.8 Å². The molecule has 4 atom stereocenters. The number of aryl methyl sites for hydroxylation is 1. The number of carbonyl (C=O) groups excluding carboxylic acids is 4. The van der Waals surface area contributed by atoms with Crippen LogP contribution in [0, 0.1) is 11.3 Å². The zero-order valence-electron chi connectivity index (χ0n) is 37.2. The molecule has 3 amide bonds. The highest BCUT2D eigenvalue weighted by atomic mass is 32.2. The van der Waals surface area contributed by atoms with Crippen molar-refractivity contribution in [1.82, 2.24) is 39.5 Å².